The van der Waals surface area contributed by atoms with Crippen LogP contribution in [0, 0.1) is 20.8 Å². The largest absolute Gasteiger partial charge is 0.496 e. The van der Waals surface area contributed by atoms with E-state index in [4.69, 9.17) is 4.74 Å². The van der Waals surface area contributed by atoms with Crippen LogP contribution in [0.1, 0.15) is 22.4 Å². The molecule has 0 aliphatic rings. The van der Waals surface area contributed by atoms with Gasteiger partial charge in [-0.1, -0.05) is 0 Å². The number of nitrogens with one attached hydrogen (secondary N) is 2. The molecule has 2 rings (SSSR count). The molecule has 2 aromatic rings. The quantitative estimate of drug-likeness (QED) is 0.748. The first-order chi connectivity index (χ1) is 12.1. The summed E-state index contributed by atoms with van der Waals surface area (Å²) in [5.41, 5.74) is 3.87. The van der Waals surface area contributed by atoms with Gasteiger partial charge in [-0.3, -0.25) is 4.79 Å². The molecule has 0 unspecified atom stereocenters. The summed E-state index contributed by atoms with van der Waals surface area (Å²) in [6, 6.07) is 4.00. The van der Waals surface area contributed by atoms with Crippen molar-refractivity contribution in [3.8, 4) is 17.0 Å². The van der Waals surface area contributed by atoms with Crippen LogP contribution in [0.2, 0.25) is 0 Å². The van der Waals surface area contributed by atoms with Crippen molar-refractivity contribution >= 4 is 32.4 Å². The van der Waals surface area contributed by atoms with Crippen molar-refractivity contribution in [3.63, 3.8) is 0 Å². The Kier molecular flexibility index (Phi) is 6.38. The predicted octanol–water partition coefficient (Wildman–Crippen LogP) is 2.62. The third-order valence-corrected chi connectivity index (χ3v) is 5.37. The smallest absolute Gasteiger partial charge is 0.227 e. The Morgan fingerprint density at radius 2 is 1.92 bits per heavy atom. The molecular weight excluding hydrogens is 374 g/mol. The fraction of sp³-hybridized carbons (Fsp3) is 0.412. The molecule has 26 heavy (non-hydrogen) atoms. The average Bonchev–Trinajstić information content (AvgIpc) is 2.88. The zero-order valence-electron chi connectivity index (χ0n) is 15.5. The molecule has 1 amide bonds. The number of benzene rings is 1. The van der Waals surface area contributed by atoms with E-state index in [1.807, 2.05) is 32.9 Å². The van der Waals surface area contributed by atoms with Crippen molar-refractivity contribution in [1.82, 2.24) is 9.71 Å². The molecule has 0 atom stereocenters. The molecule has 0 radical (unpaired) electrons. The fourth-order valence-corrected chi connectivity index (χ4v) is 3.81. The van der Waals surface area contributed by atoms with E-state index < -0.39 is 10.0 Å². The number of aryl methyl sites for hydroxylation is 3. The number of hydrogen-bond donors (Lipinski definition) is 2. The minimum Gasteiger partial charge on any atom is -0.496 e. The van der Waals surface area contributed by atoms with E-state index in [1.165, 1.54) is 11.3 Å². The van der Waals surface area contributed by atoms with Gasteiger partial charge in [-0.25, -0.2) is 18.1 Å². The number of methoxy groups -OCH3 is 1. The second-order valence-electron chi connectivity index (χ2n) is 6.03. The summed E-state index contributed by atoms with van der Waals surface area (Å²) in [7, 11) is -1.66. The number of ether oxygens (including phenoxy) is 1. The highest BCUT2D eigenvalue weighted by atomic mass is 32.2. The molecule has 0 spiro atoms. The number of rotatable bonds is 7. The normalized spacial score (nSPS) is 11.4. The van der Waals surface area contributed by atoms with E-state index in [1.54, 1.807) is 7.11 Å². The van der Waals surface area contributed by atoms with Crippen molar-refractivity contribution in [1.29, 1.82) is 0 Å². The number of carbonyl (C=O) groups excluding carboxylic acids is 1. The minimum absolute atomic E-state index is 0.0434. The molecule has 0 aliphatic heterocycles. The van der Waals surface area contributed by atoms with Crippen LogP contribution in [0.25, 0.3) is 11.3 Å². The van der Waals surface area contributed by atoms with Crippen molar-refractivity contribution in [2.45, 2.75) is 27.2 Å². The standard InChI is InChI=1S/C17H23N3O4S2/c1-10-9-14(24-4)11(2)8-13(10)16-12(3)25-17(20-16)19-15(21)6-7-18-26(5,22)23/h8-9,18H,6-7H2,1-5H3,(H,19,20,21). The molecule has 9 heteroatoms. The minimum atomic E-state index is -3.30. The van der Waals surface area contributed by atoms with Gasteiger partial charge in [0.15, 0.2) is 5.13 Å². The van der Waals surface area contributed by atoms with Crippen LogP contribution in [-0.4, -0.2) is 39.2 Å². The summed E-state index contributed by atoms with van der Waals surface area (Å²) < 4.78 is 29.7. The molecule has 2 N–H and O–H groups in total. The summed E-state index contributed by atoms with van der Waals surface area (Å²) in [5.74, 6) is 0.537. The summed E-state index contributed by atoms with van der Waals surface area (Å²) in [6.07, 6.45) is 1.10. The maximum Gasteiger partial charge on any atom is 0.227 e. The molecule has 0 saturated carbocycles. The number of carbonyl (C=O) groups is 1. The Balaban J connectivity index is 2.14. The SMILES string of the molecule is COc1cc(C)c(-c2nc(NC(=O)CCNS(C)(=O)=O)sc2C)cc1C. The van der Waals surface area contributed by atoms with E-state index in [2.05, 4.69) is 15.0 Å². The van der Waals surface area contributed by atoms with E-state index in [0.717, 1.165) is 39.3 Å². The van der Waals surface area contributed by atoms with Crippen LogP contribution in [0.4, 0.5) is 5.13 Å². The molecule has 1 aromatic carbocycles. The molecule has 0 bridgehead atoms. The maximum absolute atomic E-state index is 12.0. The molecule has 0 aliphatic carbocycles. The Morgan fingerprint density at radius 1 is 1.23 bits per heavy atom. The number of aromatic nitrogens is 1. The molecule has 0 fully saturated rings. The van der Waals surface area contributed by atoms with Crippen LogP contribution < -0.4 is 14.8 Å². The molecule has 1 heterocycles. The van der Waals surface area contributed by atoms with Gasteiger partial charge in [-0.05, 0) is 44.0 Å². The lowest BCUT2D eigenvalue weighted by Crippen LogP contribution is -2.26. The van der Waals surface area contributed by atoms with E-state index in [-0.39, 0.29) is 18.9 Å². The monoisotopic (exact) mass is 397 g/mol. The maximum atomic E-state index is 12.0. The Labute approximate surface area is 157 Å². The Morgan fingerprint density at radius 3 is 2.54 bits per heavy atom. The van der Waals surface area contributed by atoms with Crippen LogP contribution in [0.3, 0.4) is 0 Å². The highest BCUT2D eigenvalue weighted by Gasteiger charge is 2.15. The summed E-state index contributed by atoms with van der Waals surface area (Å²) in [5, 5.41) is 3.22. The Hall–Kier alpha value is -1.97. The molecule has 1 aromatic heterocycles. The van der Waals surface area contributed by atoms with Gasteiger partial charge < -0.3 is 10.1 Å². The van der Waals surface area contributed by atoms with Gasteiger partial charge in [0.1, 0.15) is 5.75 Å². The topological polar surface area (TPSA) is 97.4 Å². The highest BCUT2D eigenvalue weighted by molar-refractivity contribution is 7.88. The van der Waals surface area contributed by atoms with E-state index in [9.17, 15) is 13.2 Å². The van der Waals surface area contributed by atoms with Crippen LogP contribution in [0.15, 0.2) is 12.1 Å². The number of hydrogen-bond acceptors (Lipinski definition) is 6. The van der Waals surface area contributed by atoms with Gasteiger partial charge in [0, 0.05) is 23.4 Å². The molecular formula is C17H23N3O4S2. The number of sulfonamides is 1. The van der Waals surface area contributed by atoms with Gasteiger partial charge in [0.2, 0.25) is 15.9 Å². The summed E-state index contributed by atoms with van der Waals surface area (Å²) in [6.45, 7) is 5.97. The van der Waals surface area contributed by atoms with Crippen molar-refractivity contribution in [2.75, 3.05) is 25.2 Å². The lowest BCUT2D eigenvalue weighted by molar-refractivity contribution is -0.116. The van der Waals surface area contributed by atoms with Gasteiger partial charge in [0.25, 0.3) is 0 Å². The molecule has 142 valence electrons. The van der Waals surface area contributed by atoms with Crippen LogP contribution in [0.5, 0.6) is 5.75 Å². The Bertz CT molecular complexity index is 920. The average molecular weight is 398 g/mol. The van der Waals surface area contributed by atoms with E-state index >= 15 is 0 Å². The second kappa shape index (κ2) is 8.15. The number of anilines is 1. The second-order valence-corrected chi connectivity index (χ2v) is 9.06. The third-order valence-electron chi connectivity index (χ3n) is 3.76. The first kappa shape index (κ1) is 20.3. The van der Waals surface area contributed by atoms with Crippen molar-refractivity contribution in [2.24, 2.45) is 0 Å². The van der Waals surface area contributed by atoms with Crippen LogP contribution >= 0.6 is 11.3 Å². The zero-order chi connectivity index (χ0) is 19.5. The lowest BCUT2D eigenvalue weighted by atomic mass is 10.0. The van der Waals surface area contributed by atoms with Crippen molar-refractivity contribution < 1.29 is 17.9 Å². The van der Waals surface area contributed by atoms with Crippen molar-refractivity contribution in [3.05, 3.63) is 28.1 Å². The van der Waals surface area contributed by atoms with Gasteiger partial charge in [0.05, 0.1) is 19.1 Å². The van der Waals surface area contributed by atoms with Crippen LogP contribution in [-0.2, 0) is 14.8 Å². The highest BCUT2D eigenvalue weighted by Crippen LogP contribution is 2.35. The first-order valence-corrected chi connectivity index (χ1v) is 10.7. The summed E-state index contributed by atoms with van der Waals surface area (Å²) >= 11 is 1.39. The zero-order valence-corrected chi connectivity index (χ0v) is 17.1. The number of thiazole rings is 1. The summed E-state index contributed by atoms with van der Waals surface area (Å²) in [4.78, 5) is 17.5. The third kappa shape index (κ3) is 5.26. The lowest BCUT2D eigenvalue weighted by Gasteiger charge is -2.10. The molecule has 7 nitrogen and oxygen atoms in total. The predicted molar refractivity (Wildman–Crippen MR) is 104 cm³/mol. The van der Waals surface area contributed by atoms with Gasteiger partial charge >= 0.3 is 0 Å². The van der Waals surface area contributed by atoms with Gasteiger partial charge in [-0.15, -0.1) is 11.3 Å². The first-order valence-electron chi connectivity index (χ1n) is 7.98. The van der Waals surface area contributed by atoms with Gasteiger partial charge in [-0.2, -0.15) is 0 Å². The number of amides is 1. The fourth-order valence-electron chi connectivity index (χ4n) is 2.50. The van der Waals surface area contributed by atoms with E-state index in [0.29, 0.717) is 5.13 Å². The number of nitrogens with zero attached hydrogens (tertiary/aromatic N) is 1. The molecule has 0 saturated heterocycles.